The molecule has 0 saturated heterocycles. The van der Waals surface area contributed by atoms with Gasteiger partial charge in [-0.05, 0) is 28.7 Å². The van der Waals surface area contributed by atoms with Gasteiger partial charge in [-0.15, -0.1) is 0 Å². The maximum absolute atomic E-state index is 12.3. The first-order valence-electron chi connectivity index (χ1n) is 8.02. The van der Waals surface area contributed by atoms with E-state index in [1.807, 2.05) is 12.1 Å². The van der Waals surface area contributed by atoms with Gasteiger partial charge in [0.05, 0.1) is 12.0 Å². The molecule has 26 heavy (non-hydrogen) atoms. The van der Waals surface area contributed by atoms with E-state index in [1.54, 1.807) is 12.1 Å². The van der Waals surface area contributed by atoms with Gasteiger partial charge in [0, 0.05) is 11.6 Å². The molecule has 0 heterocycles. The van der Waals surface area contributed by atoms with Crippen molar-refractivity contribution in [2.75, 3.05) is 7.11 Å². The van der Waals surface area contributed by atoms with E-state index < -0.39 is 16.4 Å². The maximum atomic E-state index is 12.3. The van der Waals surface area contributed by atoms with Crippen molar-refractivity contribution in [3.63, 3.8) is 0 Å². The molecule has 6 nitrogen and oxygen atoms in total. The molecular weight excluding hydrogens is 334 g/mol. The van der Waals surface area contributed by atoms with E-state index in [1.165, 1.54) is 31.4 Å². The Morgan fingerprint density at radius 3 is 2.31 bits per heavy atom. The summed E-state index contributed by atoms with van der Waals surface area (Å²) in [6, 6.07) is 9.95. The number of carbonyl (C=O) groups is 1. The number of nitrogens with zero attached hydrogens (tertiary/aromatic N) is 1. The number of ether oxygens (including phenoxy) is 1. The monoisotopic (exact) mass is 355 g/mol. The molecule has 0 unspecified atom stereocenters. The van der Waals surface area contributed by atoms with Crippen molar-refractivity contribution in [3.05, 3.63) is 69.3 Å². The Labute approximate surface area is 151 Å². The summed E-state index contributed by atoms with van der Waals surface area (Å²) in [4.78, 5) is 22.6. The first-order valence-corrected chi connectivity index (χ1v) is 8.02. The summed E-state index contributed by atoms with van der Waals surface area (Å²) in [5.74, 6) is -0.792. The second kappa shape index (κ2) is 7.39. The molecule has 0 atom stereocenters. The fourth-order valence-corrected chi connectivity index (χ4v) is 2.41. The first-order chi connectivity index (χ1) is 12.1. The van der Waals surface area contributed by atoms with Gasteiger partial charge in [-0.3, -0.25) is 14.9 Å². The molecule has 2 rings (SSSR count). The number of methoxy groups -OCH3 is 1. The summed E-state index contributed by atoms with van der Waals surface area (Å²) in [6.45, 7) is 6.28. The van der Waals surface area contributed by atoms with E-state index in [4.69, 9.17) is 4.74 Å². The first kappa shape index (κ1) is 19.2. The van der Waals surface area contributed by atoms with Crippen LogP contribution in [-0.4, -0.2) is 22.9 Å². The quantitative estimate of drug-likeness (QED) is 0.369. The molecule has 0 aliphatic carbocycles. The third-order valence-corrected chi connectivity index (χ3v) is 3.96. The number of rotatable bonds is 5. The van der Waals surface area contributed by atoms with Crippen LogP contribution in [0.3, 0.4) is 0 Å². The molecular formula is C20H21NO5. The molecule has 0 aliphatic heterocycles. The van der Waals surface area contributed by atoms with Crippen LogP contribution in [0.15, 0.2) is 42.5 Å². The van der Waals surface area contributed by atoms with Crippen LogP contribution < -0.4 is 4.74 Å². The molecule has 0 aromatic heterocycles. The highest BCUT2D eigenvalue weighted by atomic mass is 16.6. The van der Waals surface area contributed by atoms with Gasteiger partial charge < -0.3 is 9.84 Å². The Bertz CT molecular complexity index is 861. The highest BCUT2D eigenvalue weighted by Crippen LogP contribution is 2.37. The Morgan fingerprint density at radius 2 is 1.81 bits per heavy atom. The minimum absolute atomic E-state index is 0.00105. The molecule has 0 radical (unpaired) electrons. The summed E-state index contributed by atoms with van der Waals surface area (Å²) in [5.41, 5.74) is 1.54. The number of ketones is 1. The lowest BCUT2D eigenvalue weighted by molar-refractivity contribution is -0.386. The van der Waals surface area contributed by atoms with E-state index in [2.05, 4.69) is 20.8 Å². The average Bonchev–Trinajstić information content (AvgIpc) is 2.59. The minimum atomic E-state index is -0.706. The van der Waals surface area contributed by atoms with Gasteiger partial charge in [0.25, 0.3) is 0 Å². The lowest BCUT2D eigenvalue weighted by Gasteiger charge is -2.18. The number of hydrogen-bond donors (Lipinski definition) is 1. The lowest BCUT2D eigenvalue weighted by Crippen LogP contribution is -2.11. The lowest BCUT2D eigenvalue weighted by atomic mass is 9.86. The van der Waals surface area contributed by atoms with Crippen LogP contribution in [0.2, 0.25) is 0 Å². The Balaban J connectivity index is 2.28. The smallest absolute Gasteiger partial charge is 0.315 e. The maximum Gasteiger partial charge on any atom is 0.315 e. The normalized spacial score (nSPS) is 11.5. The van der Waals surface area contributed by atoms with Gasteiger partial charge in [-0.1, -0.05) is 51.1 Å². The number of hydrogen-bond acceptors (Lipinski definition) is 5. The molecule has 0 amide bonds. The van der Waals surface area contributed by atoms with Crippen LogP contribution in [0, 0.1) is 10.1 Å². The van der Waals surface area contributed by atoms with Crippen molar-refractivity contribution >= 4 is 17.5 Å². The molecule has 0 bridgehead atoms. The zero-order valence-corrected chi connectivity index (χ0v) is 15.1. The van der Waals surface area contributed by atoms with Crippen LogP contribution in [0.25, 0.3) is 6.08 Å². The highest BCUT2D eigenvalue weighted by molar-refractivity contribution is 6.06. The molecule has 6 heteroatoms. The van der Waals surface area contributed by atoms with Crippen LogP contribution in [0.4, 0.5) is 5.69 Å². The molecule has 0 fully saturated rings. The topological polar surface area (TPSA) is 89.7 Å². The van der Waals surface area contributed by atoms with E-state index in [-0.39, 0.29) is 16.9 Å². The van der Waals surface area contributed by atoms with Gasteiger partial charge >= 0.3 is 5.69 Å². The predicted octanol–water partition coefficient (Wildman–Crippen LogP) is 4.50. The van der Waals surface area contributed by atoms with E-state index >= 15 is 0 Å². The number of carbonyl (C=O) groups excluding carboxylic acids is 1. The minimum Gasteiger partial charge on any atom is -0.500 e. The molecule has 0 spiro atoms. The Morgan fingerprint density at radius 1 is 1.19 bits per heavy atom. The average molecular weight is 355 g/mol. The molecule has 2 aromatic rings. The van der Waals surface area contributed by atoms with Gasteiger partial charge in [0.1, 0.15) is 0 Å². The molecule has 0 aliphatic rings. The van der Waals surface area contributed by atoms with Crippen molar-refractivity contribution in [1.82, 2.24) is 0 Å². The SMILES string of the molecule is COc1cc(C=CC(=O)c2ccc(C(C)(C)C)cc2)cc([N+](=O)[O-])c1O. The van der Waals surface area contributed by atoms with E-state index in [0.29, 0.717) is 11.1 Å². The van der Waals surface area contributed by atoms with Gasteiger partial charge in [-0.2, -0.15) is 0 Å². The largest absolute Gasteiger partial charge is 0.500 e. The Hall–Kier alpha value is -3.15. The van der Waals surface area contributed by atoms with Crippen LogP contribution >= 0.6 is 0 Å². The third kappa shape index (κ3) is 4.27. The number of phenols is 1. The van der Waals surface area contributed by atoms with Crippen LogP contribution in [0.1, 0.15) is 42.3 Å². The third-order valence-electron chi connectivity index (χ3n) is 3.96. The number of allylic oxidation sites excluding steroid dienone is 1. The fraction of sp³-hybridized carbons (Fsp3) is 0.250. The summed E-state index contributed by atoms with van der Waals surface area (Å²) >= 11 is 0. The number of nitro groups is 1. The van der Waals surface area contributed by atoms with E-state index in [0.717, 1.165) is 5.56 Å². The van der Waals surface area contributed by atoms with Crippen molar-refractivity contribution in [2.24, 2.45) is 0 Å². The van der Waals surface area contributed by atoms with Crippen molar-refractivity contribution in [1.29, 1.82) is 0 Å². The molecule has 0 saturated carbocycles. The standard InChI is InChI=1S/C20H21NO5/c1-20(2,3)15-8-6-14(7-9-15)17(22)10-5-13-11-16(21(24)25)19(23)18(12-13)26-4/h5-12,23H,1-4H3. The predicted molar refractivity (Wildman–Crippen MR) is 99.8 cm³/mol. The van der Waals surface area contributed by atoms with Crippen LogP contribution in [0.5, 0.6) is 11.5 Å². The summed E-state index contributed by atoms with van der Waals surface area (Å²) in [5, 5.41) is 20.8. The van der Waals surface area contributed by atoms with Crippen LogP contribution in [-0.2, 0) is 5.41 Å². The zero-order chi connectivity index (χ0) is 19.5. The number of aromatic hydroxyl groups is 1. The van der Waals surface area contributed by atoms with Crippen molar-refractivity contribution in [2.45, 2.75) is 26.2 Å². The van der Waals surface area contributed by atoms with Crippen molar-refractivity contribution in [3.8, 4) is 11.5 Å². The van der Waals surface area contributed by atoms with Gasteiger partial charge in [0.2, 0.25) is 5.75 Å². The number of nitro benzene ring substituents is 1. The summed E-state index contributed by atoms with van der Waals surface area (Å²) in [6.07, 6.45) is 2.79. The fourth-order valence-electron chi connectivity index (χ4n) is 2.41. The zero-order valence-electron chi connectivity index (χ0n) is 15.1. The summed E-state index contributed by atoms with van der Waals surface area (Å²) in [7, 11) is 1.30. The second-order valence-electron chi connectivity index (χ2n) is 6.87. The number of phenolic OH excluding ortho intramolecular Hbond substituents is 1. The van der Waals surface area contributed by atoms with Gasteiger partial charge in [-0.25, -0.2) is 0 Å². The Kier molecular flexibility index (Phi) is 5.45. The molecule has 1 N–H and O–H groups in total. The number of benzene rings is 2. The highest BCUT2D eigenvalue weighted by Gasteiger charge is 2.19. The van der Waals surface area contributed by atoms with Crippen molar-refractivity contribution < 1.29 is 19.6 Å². The molecule has 136 valence electrons. The van der Waals surface area contributed by atoms with E-state index in [9.17, 15) is 20.0 Å². The molecule has 2 aromatic carbocycles. The second-order valence-corrected chi connectivity index (χ2v) is 6.87. The summed E-state index contributed by atoms with van der Waals surface area (Å²) < 4.78 is 4.94. The van der Waals surface area contributed by atoms with Gasteiger partial charge in [0.15, 0.2) is 11.5 Å².